The van der Waals surface area contributed by atoms with Crippen molar-refractivity contribution in [1.82, 2.24) is 9.88 Å². The zero-order valence-corrected chi connectivity index (χ0v) is 14.4. The van der Waals surface area contributed by atoms with E-state index in [1.54, 1.807) is 18.2 Å². The summed E-state index contributed by atoms with van der Waals surface area (Å²) in [7, 11) is 0. The predicted octanol–water partition coefficient (Wildman–Crippen LogP) is 3.02. The molecule has 27 heavy (non-hydrogen) atoms. The first-order chi connectivity index (χ1) is 13.0. The molecule has 1 atom stereocenters. The lowest BCUT2D eigenvalue weighted by Crippen LogP contribution is -2.48. The highest BCUT2D eigenvalue weighted by Gasteiger charge is 2.37. The Morgan fingerprint density at radius 1 is 1.19 bits per heavy atom. The largest absolute Gasteiger partial charge is 0.508 e. The first kappa shape index (κ1) is 17.0. The Hall–Kier alpha value is -3.48. The third-order valence-corrected chi connectivity index (χ3v) is 4.80. The van der Waals surface area contributed by atoms with Crippen molar-refractivity contribution >= 4 is 23.0 Å². The summed E-state index contributed by atoms with van der Waals surface area (Å²) in [5.41, 5.74) is 3.18. The number of aromatic hydroxyl groups is 1. The van der Waals surface area contributed by atoms with Gasteiger partial charge in [-0.2, -0.15) is 0 Å². The van der Waals surface area contributed by atoms with Gasteiger partial charge >= 0.3 is 12.1 Å². The maximum absolute atomic E-state index is 12.6. The Morgan fingerprint density at radius 3 is 2.70 bits per heavy atom. The Labute approximate surface area is 154 Å². The van der Waals surface area contributed by atoms with Crippen molar-refractivity contribution in [3.05, 3.63) is 65.4 Å². The minimum Gasteiger partial charge on any atom is -0.508 e. The molecule has 3 N–H and O–H groups in total. The highest BCUT2D eigenvalue weighted by Crippen LogP contribution is 2.32. The van der Waals surface area contributed by atoms with Gasteiger partial charge in [0.1, 0.15) is 18.4 Å². The number of phenolic OH excluding ortho intramolecular Hbond substituents is 1. The van der Waals surface area contributed by atoms with E-state index in [9.17, 15) is 19.8 Å². The fourth-order valence-electron chi connectivity index (χ4n) is 3.46. The van der Waals surface area contributed by atoms with Gasteiger partial charge in [0.05, 0.1) is 6.54 Å². The number of carboxylic acids is 1. The standard InChI is InChI=1S/C20H18N2O5/c23-13-6-7-16-14(8-13)15-9-18(19(24)25)22(10-17(15)21-16)20(26)27-11-12-4-2-1-3-5-12/h1-8,18,21,23H,9-11H2,(H,24,25). The first-order valence-electron chi connectivity index (χ1n) is 8.55. The molecular weight excluding hydrogens is 348 g/mol. The van der Waals surface area contributed by atoms with Crippen LogP contribution in [0.25, 0.3) is 10.9 Å². The molecule has 1 amide bonds. The Morgan fingerprint density at radius 2 is 1.96 bits per heavy atom. The molecule has 0 saturated heterocycles. The van der Waals surface area contributed by atoms with Crippen molar-refractivity contribution in [2.75, 3.05) is 0 Å². The molecule has 0 saturated carbocycles. The number of carbonyl (C=O) groups is 2. The second-order valence-corrected chi connectivity index (χ2v) is 6.54. The highest BCUT2D eigenvalue weighted by molar-refractivity contribution is 5.89. The van der Waals surface area contributed by atoms with E-state index < -0.39 is 18.1 Å². The van der Waals surface area contributed by atoms with E-state index in [0.29, 0.717) is 0 Å². The number of benzene rings is 2. The number of hydrogen-bond acceptors (Lipinski definition) is 4. The zero-order valence-electron chi connectivity index (χ0n) is 14.4. The van der Waals surface area contributed by atoms with Crippen LogP contribution >= 0.6 is 0 Å². The quantitative estimate of drug-likeness (QED) is 0.661. The predicted molar refractivity (Wildman–Crippen MR) is 97.3 cm³/mol. The topological polar surface area (TPSA) is 103 Å². The van der Waals surface area contributed by atoms with Gasteiger partial charge in [-0.1, -0.05) is 30.3 Å². The second kappa shape index (κ2) is 6.68. The van der Waals surface area contributed by atoms with Gasteiger partial charge in [0.15, 0.2) is 0 Å². The van der Waals surface area contributed by atoms with Crippen molar-refractivity contribution in [3.8, 4) is 5.75 Å². The molecule has 1 unspecified atom stereocenters. The van der Waals surface area contributed by atoms with Gasteiger partial charge in [-0.3, -0.25) is 4.90 Å². The van der Waals surface area contributed by atoms with Gasteiger partial charge in [-0.05, 0) is 29.3 Å². The molecule has 3 aromatic rings. The third-order valence-electron chi connectivity index (χ3n) is 4.80. The number of amides is 1. The summed E-state index contributed by atoms with van der Waals surface area (Å²) < 4.78 is 5.33. The number of carbonyl (C=O) groups excluding carboxylic acids is 1. The van der Waals surface area contributed by atoms with Crippen LogP contribution in [0.1, 0.15) is 16.8 Å². The van der Waals surface area contributed by atoms with Gasteiger partial charge in [0.25, 0.3) is 0 Å². The summed E-state index contributed by atoms with van der Waals surface area (Å²) in [6.45, 7) is 0.186. The average Bonchev–Trinajstić information content (AvgIpc) is 3.02. The summed E-state index contributed by atoms with van der Waals surface area (Å²) in [5, 5.41) is 20.1. The highest BCUT2D eigenvalue weighted by atomic mass is 16.6. The molecule has 2 aromatic carbocycles. The average molecular weight is 366 g/mol. The van der Waals surface area contributed by atoms with E-state index in [2.05, 4.69) is 4.98 Å². The van der Waals surface area contributed by atoms with Crippen molar-refractivity contribution in [2.24, 2.45) is 0 Å². The van der Waals surface area contributed by atoms with E-state index >= 15 is 0 Å². The fourth-order valence-corrected chi connectivity index (χ4v) is 3.46. The van der Waals surface area contributed by atoms with E-state index in [0.717, 1.165) is 27.7 Å². The molecule has 2 heterocycles. The Bertz CT molecular complexity index is 1010. The summed E-state index contributed by atoms with van der Waals surface area (Å²) in [6, 6.07) is 13.1. The second-order valence-electron chi connectivity index (χ2n) is 6.54. The van der Waals surface area contributed by atoms with E-state index in [4.69, 9.17) is 4.74 Å². The van der Waals surface area contributed by atoms with Crippen LogP contribution in [0.4, 0.5) is 4.79 Å². The molecule has 0 radical (unpaired) electrons. The molecular formula is C20H18N2O5. The smallest absolute Gasteiger partial charge is 0.411 e. The molecule has 4 rings (SSSR count). The number of aromatic nitrogens is 1. The Kier molecular flexibility index (Phi) is 4.19. The molecule has 1 aliphatic rings. The van der Waals surface area contributed by atoms with Crippen molar-refractivity contribution in [1.29, 1.82) is 0 Å². The number of rotatable bonds is 3. The summed E-state index contributed by atoms with van der Waals surface area (Å²) >= 11 is 0. The Balaban J connectivity index is 1.60. The van der Waals surface area contributed by atoms with E-state index in [-0.39, 0.29) is 25.3 Å². The number of H-pyrrole nitrogens is 1. The van der Waals surface area contributed by atoms with Crippen molar-refractivity contribution < 1.29 is 24.5 Å². The number of phenols is 1. The number of nitrogens with zero attached hydrogens (tertiary/aromatic N) is 1. The number of carboxylic acid groups (broad SMARTS) is 1. The zero-order chi connectivity index (χ0) is 19.0. The van der Waals surface area contributed by atoms with Crippen LogP contribution in [0.3, 0.4) is 0 Å². The number of hydrogen-bond donors (Lipinski definition) is 3. The minimum absolute atomic E-state index is 0.0793. The lowest BCUT2D eigenvalue weighted by Gasteiger charge is -2.32. The lowest BCUT2D eigenvalue weighted by molar-refractivity contribution is -0.143. The summed E-state index contributed by atoms with van der Waals surface area (Å²) in [5.74, 6) is -0.979. The SMILES string of the molecule is O=C(O)C1Cc2c([nH]c3ccc(O)cc23)CN1C(=O)OCc1ccccc1. The van der Waals surface area contributed by atoms with Crippen LogP contribution in [0.2, 0.25) is 0 Å². The molecule has 7 nitrogen and oxygen atoms in total. The molecule has 138 valence electrons. The molecule has 0 fully saturated rings. The van der Waals surface area contributed by atoms with Gasteiger partial charge in [0, 0.05) is 23.0 Å². The normalized spacial score (nSPS) is 16.1. The van der Waals surface area contributed by atoms with Crippen LogP contribution in [0, 0.1) is 0 Å². The monoisotopic (exact) mass is 366 g/mol. The minimum atomic E-state index is -1.09. The lowest BCUT2D eigenvalue weighted by atomic mass is 9.97. The molecule has 1 aromatic heterocycles. The van der Waals surface area contributed by atoms with Gasteiger partial charge in [-0.25, -0.2) is 9.59 Å². The van der Waals surface area contributed by atoms with Crippen molar-refractivity contribution in [3.63, 3.8) is 0 Å². The number of nitrogens with one attached hydrogen (secondary N) is 1. The van der Waals surface area contributed by atoms with Crippen LogP contribution in [-0.4, -0.2) is 38.2 Å². The molecule has 0 aliphatic carbocycles. The molecule has 1 aliphatic heterocycles. The van der Waals surface area contributed by atoms with E-state index in [1.807, 2.05) is 30.3 Å². The number of aromatic amines is 1. The van der Waals surface area contributed by atoms with E-state index in [1.165, 1.54) is 4.90 Å². The summed E-state index contributed by atoms with van der Waals surface area (Å²) in [6.07, 6.45) is -0.521. The number of ether oxygens (including phenoxy) is 1. The molecule has 0 bridgehead atoms. The van der Waals surface area contributed by atoms with Crippen LogP contribution in [0.15, 0.2) is 48.5 Å². The van der Waals surface area contributed by atoms with Crippen molar-refractivity contribution in [2.45, 2.75) is 25.6 Å². The van der Waals surface area contributed by atoms with Gasteiger partial charge in [-0.15, -0.1) is 0 Å². The van der Waals surface area contributed by atoms with Crippen LogP contribution in [0.5, 0.6) is 5.75 Å². The number of fused-ring (bicyclic) bond motifs is 3. The number of aliphatic carboxylic acids is 1. The van der Waals surface area contributed by atoms with Crippen LogP contribution < -0.4 is 0 Å². The van der Waals surface area contributed by atoms with Gasteiger partial charge < -0.3 is 19.9 Å². The first-order valence-corrected chi connectivity index (χ1v) is 8.55. The van der Waals surface area contributed by atoms with Crippen LogP contribution in [-0.2, 0) is 29.1 Å². The molecule has 7 heteroatoms. The summed E-state index contributed by atoms with van der Waals surface area (Å²) in [4.78, 5) is 28.8. The fraction of sp³-hybridized carbons (Fsp3) is 0.200. The maximum Gasteiger partial charge on any atom is 0.411 e. The maximum atomic E-state index is 12.6. The molecule has 0 spiro atoms. The van der Waals surface area contributed by atoms with Gasteiger partial charge in [0.2, 0.25) is 0 Å². The third kappa shape index (κ3) is 3.19.